The van der Waals surface area contributed by atoms with E-state index in [1.54, 1.807) is 0 Å². The van der Waals surface area contributed by atoms with Gasteiger partial charge in [-0.2, -0.15) is 0 Å². The summed E-state index contributed by atoms with van der Waals surface area (Å²) in [7, 11) is 0. The molecule has 0 fully saturated rings. The number of thiophene rings is 1. The first-order valence-electron chi connectivity index (χ1n) is 21.9. The first-order chi connectivity index (χ1) is 31.7. The summed E-state index contributed by atoms with van der Waals surface area (Å²) in [4.78, 5) is 2.44. The Kier molecular flexibility index (Phi) is 9.43. The van der Waals surface area contributed by atoms with Gasteiger partial charge in [-0.15, -0.1) is 11.3 Å². The van der Waals surface area contributed by atoms with Crippen LogP contribution in [-0.4, -0.2) is 0 Å². The van der Waals surface area contributed by atoms with E-state index in [4.69, 9.17) is 0 Å². The third-order valence-corrected chi connectivity index (χ3v) is 13.9. The molecule has 0 N–H and O–H groups in total. The molecule has 11 aromatic carbocycles. The Morgan fingerprint density at radius 3 is 1.38 bits per heavy atom. The van der Waals surface area contributed by atoms with Crippen molar-refractivity contribution in [1.82, 2.24) is 0 Å². The first kappa shape index (κ1) is 37.7. The number of fused-ring (bicyclic) bond motifs is 5. The summed E-state index contributed by atoms with van der Waals surface area (Å²) in [6.45, 7) is 0. The van der Waals surface area contributed by atoms with Crippen molar-refractivity contribution in [1.29, 1.82) is 0 Å². The minimum atomic E-state index is 1.11. The van der Waals surface area contributed by atoms with Gasteiger partial charge in [-0.25, -0.2) is 0 Å². The van der Waals surface area contributed by atoms with Gasteiger partial charge in [0.2, 0.25) is 0 Å². The molecular weight excluding hydrogens is 791 g/mol. The van der Waals surface area contributed by atoms with E-state index in [1.165, 1.54) is 97.4 Å². The lowest BCUT2D eigenvalue weighted by atomic mass is 9.90. The molecule has 12 aromatic rings. The highest BCUT2D eigenvalue weighted by Gasteiger charge is 2.20. The number of hydrogen-bond acceptors (Lipinski definition) is 2. The first-order valence-corrected chi connectivity index (χ1v) is 22.7. The third kappa shape index (κ3) is 6.73. The Hall–Kier alpha value is -8.04. The van der Waals surface area contributed by atoms with Crippen molar-refractivity contribution in [2.24, 2.45) is 0 Å². The van der Waals surface area contributed by atoms with Crippen LogP contribution in [0.4, 0.5) is 17.1 Å². The Morgan fingerprint density at radius 1 is 0.266 bits per heavy atom. The van der Waals surface area contributed by atoms with Crippen molar-refractivity contribution in [3.05, 3.63) is 249 Å². The fourth-order valence-corrected chi connectivity index (χ4v) is 10.7. The summed E-state index contributed by atoms with van der Waals surface area (Å²) in [5.41, 5.74) is 15.6. The maximum Gasteiger partial charge on any atom is 0.0640 e. The van der Waals surface area contributed by atoms with Crippen molar-refractivity contribution < 1.29 is 0 Å². The van der Waals surface area contributed by atoms with Crippen molar-refractivity contribution in [3.8, 4) is 55.6 Å². The molecule has 12 rings (SSSR count). The molecule has 1 aromatic heterocycles. The molecule has 0 unspecified atom stereocenters. The highest BCUT2D eigenvalue weighted by molar-refractivity contribution is 7.26. The molecule has 0 saturated heterocycles. The predicted octanol–water partition coefficient (Wildman–Crippen LogP) is 18.2. The average Bonchev–Trinajstić information content (AvgIpc) is 3.76. The van der Waals surface area contributed by atoms with Gasteiger partial charge in [0.15, 0.2) is 0 Å². The van der Waals surface area contributed by atoms with Crippen LogP contribution < -0.4 is 4.90 Å². The second-order valence-corrected chi connectivity index (χ2v) is 17.5. The molecule has 0 spiro atoms. The lowest BCUT2D eigenvalue weighted by Crippen LogP contribution is -2.10. The summed E-state index contributed by atoms with van der Waals surface area (Å²) in [6.07, 6.45) is 0. The second-order valence-electron chi connectivity index (χ2n) is 16.4. The number of anilines is 3. The zero-order valence-electron chi connectivity index (χ0n) is 35.0. The van der Waals surface area contributed by atoms with Gasteiger partial charge in [-0.3, -0.25) is 0 Å². The molecule has 0 atom stereocenters. The van der Waals surface area contributed by atoms with E-state index >= 15 is 0 Å². The summed E-state index contributed by atoms with van der Waals surface area (Å²) >= 11 is 1.87. The van der Waals surface area contributed by atoms with E-state index < -0.39 is 0 Å². The monoisotopic (exact) mass is 831 g/mol. The van der Waals surface area contributed by atoms with E-state index in [-0.39, 0.29) is 0 Å². The van der Waals surface area contributed by atoms with Crippen LogP contribution in [0.1, 0.15) is 0 Å². The molecule has 0 aliphatic heterocycles. The fourth-order valence-electron chi connectivity index (χ4n) is 9.55. The predicted molar refractivity (Wildman–Crippen MR) is 276 cm³/mol. The van der Waals surface area contributed by atoms with Crippen molar-refractivity contribution in [3.63, 3.8) is 0 Å². The average molecular weight is 832 g/mol. The van der Waals surface area contributed by atoms with Crippen LogP contribution in [0.3, 0.4) is 0 Å². The van der Waals surface area contributed by atoms with Gasteiger partial charge >= 0.3 is 0 Å². The van der Waals surface area contributed by atoms with E-state index in [0.29, 0.717) is 0 Å². The Balaban J connectivity index is 0.996. The number of hydrogen-bond donors (Lipinski definition) is 0. The summed E-state index contributed by atoms with van der Waals surface area (Å²) in [5, 5.41) is 7.54. The molecule has 0 aliphatic rings. The van der Waals surface area contributed by atoms with Crippen LogP contribution in [0.25, 0.3) is 97.4 Å². The molecule has 300 valence electrons. The van der Waals surface area contributed by atoms with Gasteiger partial charge in [0.1, 0.15) is 0 Å². The van der Waals surface area contributed by atoms with Gasteiger partial charge < -0.3 is 4.90 Å². The maximum absolute atomic E-state index is 2.44. The van der Waals surface area contributed by atoms with Crippen molar-refractivity contribution in [2.75, 3.05) is 4.90 Å². The zero-order chi connectivity index (χ0) is 42.4. The molecule has 0 aliphatic carbocycles. The molecular formula is C62H41NS. The standard InChI is InChI=1S/C62H41NS/c1-3-14-42(15-4-1)48-32-38-56(58(40-48)45-16-5-2-6-17-45)49-33-39-61-59(41-49)57-26-13-27-60(62(57)64-61)63(50-34-28-46(29-35-50)54-24-11-20-43-18-7-9-22-52(43)54)51-36-30-47(31-37-51)55-25-12-21-44-19-8-10-23-53(44)55/h1-41H. The molecule has 2 heteroatoms. The SMILES string of the molecule is c1ccc(-c2ccc(-c3ccc4sc5c(N(c6ccc(-c7cccc8ccccc78)cc6)c6ccc(-c7cccc8ccccc78)cc6)cccc5c4c3)c(-c3ccccc3)c2)cc1. The lowest BCUT2D eigenvalue weighted by molar-refractivity contribution is 1.30. The van der Waals surface area contributed by atoms with E-state index in [2.05, 4.69) is 254 Å². The Morgan fingerprint density at radius 2 is 0.750 bits per heavy atom. The van der Waals surface area contributed by atoms with Crippen molar-refractivity contribution in [2.45, 2.75) is 0 Å². The maximum atomic E-state index is 2.44. The third-order valence-electron chi connectivity index (χ3n) is 12.7. The van der Waals surface area contributed by atoms with Crippen LogP contribution in [0.15, 0.2) is 249 Å². The van der Waals surface area contributed by atoms with E-state index in [9.17, 15) is 0 Å². The summed E-state index contributed by atoms with van der Waals surface area (Å²) in [5.74, 6) is 0. The van der Waals surface area contributed by atoms with Gasteiger partial charge in [0.05, 0.1) is 10.4 Å². The normalized spacial score (nSPS) is 11.4. The molecule has 0 bridgehead atoms. The summed E-state index contributed by atoms with van der Waals surface area (Å²) in [6, 6.07) is 90.9. The lowest BCUT2D eigenvalue weighted by Gasteiger charge is -2.26. The van der Waals surface area contributed by atoms with Crippen LogP contribution in [0.5, 0.6) is 0 Å². The molecule has 1 heterocycles. The van der Waals surface area contributed by atoms with Gasteiger partial charge in [-0.1, -0.05) is 200 Å². The minimum absolute atomic E-state index is 1.11. The van der Waals surface area contributed by atoms with Crippen molar-refractivity contribution >= 4 is 70.1 Å². The van der Waals surface area contributed by atoms with Gasteiger partial charge in [-0.05, 0) is 126 Å². The smallest absolute Gasteiger partial charge is 0.0640 e. The molecule has 0 amide bonds. The molecule has 0 saturated carbocycles. The van der Waals surface area contributed by atoms with E-state index in [1.807, 2.05) is 11.3 Å². The van der Waals surface area contributed by atoms with Crippen LogP contribution >= 0.6 is 11.3 Å². The highest BCUT2D eigenvalue weighted by Crippen LogP contribution is 2.47. The van der Waals surface area contributed by atoms with Gasteiger partial charge in [0.25, 0.3) is 0 Å². The Bertz CT molecular complexity index is 3510. The van der Waals surface area contributed by atoms with Crippen LogP contribution in [0, 0.1) is 0 Å². The largest absolute Gasteiger partial charge is 0.309 e. The molecule has 1 nitrogen and oxygen atoms in total. The number of rotatable bonds is 8. The minimum Gasteiger partial charge on any atom is -0.309 e. The topological polar surface area (TPSA) is 3.24 Å². The quantitative estimate of drug-likeness (QED) is 0.147. The molecule has 0 radical (unpaired) electrons. The van der Waals surface area contributed by atoms with Crippen LogP contribution in [0.2, 0.25) is 0 Å². The summed E-state index contributed by atoms with van der Waals surface area (Å²) < 4.78 is 2.53. The number of benzene rings is 11. The second kappa shape index (κ2) is 16.0. The van der Waals surface area contributed by atoms with E-state index in [0.717, 1.165) is 17.1 Å². The zero-order valence-corrected chi connectivity index (χ0v) is 35.8. The van der Waals surface area contributed by atoms with Crippen LogP contribution in [-0.2, 0) is 0 Å². The number of nitrogens with zero attached hydrogens (tertiary/aromatic N) is 1. The fraction of sp³-hybridized carbons (Fsp3) is 0. The Labute approximate surface area is 377 Å². The van der Waals surface area contributed by atoms with Gasteiger partial charge in [0, 0.05) is 26.8 Å². The molecule has 64 heavy (non-hydrogen) atoms. The highest BCUT2D eigenvalue weighted by atomic mass is 32.1.